The van der Waals surface area contributed by atoms with E-state index in [1.54, 1.807) is 0 Å². The van der Waals surface area contributed by atoms with Gasteiger partial charge < -0.3 is 0 Å². The first-order valence-corrected chi connectivity index (χ1v) is 8.22. The maximum atomic E-state index is 6.09. The molecule has 1 unspecified atom stereocenters. The molecular weight excluding hydrogens is 230 g/mol. The Morgan fingerprint density at radius 3 is 2.53 bits per heavy atom. The van der Waals surface area contributed by atoms with Gasteiger partial charge in [-0.1, -0.05) is 51.9 Å². The maximum absolute atomic E-state index is 6.09. The van der Waals surface area contributed by atoms with Crippen LogP contribution in [0.4, 0.5) is 0 Å². The van der Waals surface area contributed by atoms with Crippen molar-refractivity contribution in [2.45, 2.75) is 77.2 Å². The summed E-state index contributed by atoms with van der Waals surface area (Å²) in [7, 11) is 0. The molecule has 1 saturated heterocycles. The van der Waals surface area contributed by atoms with Crippen molar-refractivity contribution in [3.8, 4) is 0 Å². The van der Waals surface area contributed by atoms with Crippen LogP contribution in [0.5, 0.6) is 0 Å². The third-order valence-electron chi connectivity index (χ3n) is 3.98. The molecule has 1 rings (SSSR count). The quantitative estimate of drug-likeness (QED) is 0.446. The summed E-state index contributed by atoms with van der Waals surface area (Å²) in [5, 5.41) is 0. The number of hydrogen-bond acceptors (Lipinski definition) is 1. The molecule has 1 atom stereocenters. The van der Waals surface area contributed by atoms with E-state index < -0.39 is 0 Å². The van der Waals surface area contributed by atoms with Crippen LogP contribution < -0.4 is 0 Å². The summed E-state index contributed by atoms with van der Waals surface area (Å²) in [5.74, 6) is 0.829. The largest absolute Gasteiger partial charge is 0.299 e. The number of likely N-dealkylation sites (tertiary alicyclic amines) is 1. The van der Waals surface area contributed by atoms with Crippen LogP contribution in [0.1, 0.15) is 71.1 Å². The minimum absolute atomic E-state index is 0.662. The topological polar surface area (TPSA) is 3.24 Å². The lowest BCUT2D eigenvalue weighted by molar-refractivity contribution is 0.211. The lowest BCUT2D eigenvalue weighted by Crippen LogP contribution is -2.36. The summed E-state index contributed by atoms with van der Waals surface area (Å²) in [4.78, 5) is 2.65. The number of rotatable bonds is 8. The van der Waals surface area contributed by atoms with Crippen LogP contribution >= 0.6 is 11.6 Å². The third kappa shape index (κ3) is 6.67. The lowest BCUT2D eigenvalue weighted by Gasteiger charge is -2.28. The minimum atomic E-state index is 0.662. The predicted octanol–water partition coefficient (Wildman–Crippen LogP) is 4.83. The predicted molar refractivity (Wildman–Crippen MR) is 77.9 cm³/mol. The molecule has 0 saturated carbocycles. The molecule has 0 aromatic carbocycles. The number of halogens is 1. The van der Waals surface area contributed by atoms with E-state index in [2.05, 4.69) is 11.8 Å². The molecule has 17 heavy (non-hydrogen) atoms. The van der Waals surface area contributed by atoms with E-state index in [0.29, 0.717) is 6.04 Å². The van der Waals surface area contributed by atoms with Crippen LogP contribution in [-0.2, 0) is 0 Å². The summed E-state index contributed by atoms with van der Waals surface area (Å²) in [6.07, 6.45) is 13.9. The standard InChI is InChI=1S/C15H30ClN/c1-2-3-4-5-6-9-12-17-13-10-7-8-11-15(17)14-16/h15H,2-14H2,1H3. The van der Waals surface area contributed by atoms with Gasteiger partial charge in [-0.15, -0.1) is 11.6 Å². The second kappa shape index (κ2) is 10.2. The van der Waals surface area contributed by atoms with Gasteiger partial charge >= 0.3 is 0 Å². The zero-order valence-corrected chi connectivity index (χ0v) is 12.4. The van der Waals surface area contributed by atoms with E-state index in [9.17, 15) is 0 Å². The van der Waals surface area contributed by atoms with Crippen LogP contribution in [0.15, 0.2) is 0 Å². The molecule has 102 valence electrons. The second-order valence-electron chi connectivity index (χ2n) is 5.46. The van der Waals surface area contributed by atoms with Gasteiger partial charge in [-0.3, -0.25) is 4.90 Å². The van der Waals surface area contributed by atoms with Crippen molar-refractivity contribution >= 4 is 11.6 Å². The molecular formula is C15H30ClN. The van der Waals surface area contributed by atoms with Gasteiger partial charge in [0.2, 0.25) is 0 Å². The molecule has 1 fully saturated rings. The Bertz CT molecular complexity index is 172. The molecule has 1 nitrogen and oxygen atoms in total. The normalized spacial score (nSPS) is 22.6. The van der Waals surface area contributed by atoms with Crippen molar-refractivity contribution in [2.24, 2.45) is 0 Å². The highest BCUT2D eigenvalue weighted by Gasteiger charge is 2.19. The average Bonchev–Trinajstić information content (AvgIpc) is 2.58. The smallest absolute Gasteiger partial charge is 0.0379 e. The molecule has 0 spiro atoms. The second-order valence-corrected chi connectivity index (χ2v) is 5.77. The first-order valence-electron chi connectivity index (χ1n) is 7.68. The molecule has 0 aliphatic carbocycles. The summed E-state index contributed by atoms with van der Waals surface area (Å²) >= 11 is 6.09. The van der Waals surface area contributed by atoms with Crippen LogP contribution in [0, 0.1) is 0 Å². The summed E-state index contributed by atoms with van der Waals surface area (Å²) in [6, 6.07) is 0.662. The minimum Gasteiger partial charge on any atom is -0.299 e. The molecule has 1 aliphatic heterocycles. The van der Waals surface area contributed by atoms with Gasteiger partial charge in [0.25, 0.3) is 0 Å². The van der Waals surface area contributed by atoms with E-state index in [0.717, 1.165) is 5.88 Å². The molecule has 0 amide bonds. The van der Waals surface area contributed by atoms with E-state index in [1.165, 1.54) is 77.3 Å². The van der Waals surface area contributed by atoms with E-state index in [4.69, 9.17) is 11.6 Å². The van der Waals surface area contributed by atoms with Gasteiger partial charge in [-0.05, 0) is 32.4 Å². The van der Waals surface area contributed by atoms with Crippen molar-refractivity contribution in [2.75, 3.05) is 19.0 Å². The van der Waals surface area contributed by atoms with E-state index in [-0.39, 0.29) is 0 Å². The van der Waals surface area contributed by atoms with Crippen molar-refractivity contribution in [1.82, 2.24) is 4.90 Å². The SMILES string of the molecule is CCCCCCCCN1CCCCCC1CCl. The Labute approximate surface area is 113 Å². The van der Waals surface area contributed by atoms with Crippen molar-refractivity contribution < 1.29 is 0 Å². The molecule has 0 bridgehead atoms. The molecule has 0 aromatic heterocycles. The Morgan fingerprint density at radius 1 is 1.00 bits per heavy atom. The summed E-state index contributed by atoms with van der Waals surface area (Å²) < 4.78 is 0. The highest BCUT2D eigenvalue weighted by atomic mass is 35.5. The van der Waals surface area contributed by atoms with Gasteiger partial charge in [0.15, 0.2) is 0 Å². The summed E-state index contributed by atoms with van der Waals surface area (Å²) in [5.41, 5.74) is 0. The molecule has 0 radical (unpaired) electrons. The zero-order chi connectivity index (χ0) is 12.3. The van der Waals surface area contributed by atoms with Gasteiger partial charge in [0.05, 0.1) is 0 Å². The maximum Gasteiger partial charge on any atom is 0.0379 e. The molecule has 1 aliphatic rings. The summed E-state index contributed by atoms with van der Waals surface area (Å²) in [6.45, 7) is 4.85. The number of alkyl halides is 1. The number of unbranched alkanes of at least 4 members (excludes halogenated alkanes) is 5. The monoisotopic (exact) mass is 259 g/mol. The Balaban J connectivity index is 2.10. The lowest BCUT2D eigenvalue weighted by atomic mass is 10.1. The van der Waals surface area contributed by atoms with Crippen molar-refractivity contribution in [1.29, 1.82) is 0 Å². The van der Waals surface area contributed by atoms with Gasteiger partial charge in [-0.2, -0.15) is 0 Å². The first-order chi connectivity index (χ1) is 8.38. The van der Waals surface area contributed by atoms with E-state index >= 15 is 0 Å². The average molecular weight is 260 g/mol. The van der Waals surface area contributed by atoms with Gasteiger partial charge in [0, 0.05) is 11.9 Å². The first kappa shape index (κ1) is 15.3. The zero-order valence-electron chi connectivity index (χ0n) is 11.6. The Morgan fingerprint density at radius 2 is 1.76 bits per heavy atom. The fraction of sp³-hybridized carbons (Fsp3) is 1.00. The Kier molecular flexibility index (Phi) is 9.18. The Hall–Kier alpha value is 0.250. The molecule has 0 aromatic rings. The molecule has 0 N–H and O–H groups in total. The number of nitrogens with zero attached hydrogens (tertiary/aromatic N) is 1. The number of hydrogen-bond donors (Lipinski definition) is 0. The fourth-order valence-electron chi connectivity index (χ4n) is 2.80. The van der Waals surface area contributed by atoms with Crippen molar-refractivity contribution in [3.05, 3.63) is 0 Å². The van der Waals surface area contributed by atoms with Gasteiger partial charge in [-0.25, -0.2) is 0 Å². The third-order valence-corrected chi connectivity index (χ3v) is 4.33. The highest BCUT2D eigenvalue weighted by molar-refractivity contribution is 6.18. The van der Waals surface area contributed by atoms with Crippen LogP contribution in [0.25, 0.3) is 0 Å². The highest BCUT2D eigenvalue weighted by Crippen LogP contribution is 2.18. The van der Waals surface area contributed by atoms with Gasteiger partial charge in [0.1, 0.15) is 0 Å². The molecule has 2 heteroatoms. The molecule has 1 heterocycles. The van der Waals surface area contributed by atoms with E-state index in [1.807, 2.05) is 0 Å². The van der Waals surface area contributed by atoms with Crippen LogP contribution in [-0.4, -0.2) is 29.9 Å². The van der Waals surface area contributed by atoms with Crippen molar-refractivity contribution in [3.63, 3.8) is 0 Å². The van der Waals surface area contributed by atoms with Crippen LogP contribution in [0.3, 0.4) is 0 Å². The van der Waals surface area contributed by atoms with Crippen LogP contribution in [0.2, 0.25) is 0 Å². The fourth-order valence-corrected chi connectivity index (χ4v) is 3.15.